The van der Waals surface area contributed by atoms with E-state index in [0.29, 0.717) is 11.6 Å². The fraction of sp³-hybridized carbons (Fsp3) is 0.538. The molecule has 17 heavy (non-hydrogen) atoms. The second kappa shape index (κ2) is 5.45. The minimum Gasteiger partial charge on any atom is -0.369 e. The average molecular weight is 240 g/mol. The van der Waals surface area contributed by atoms with Crippen LogP contribution in [0.1, 0.15) is 13.3 Å². The highest BCUT2D eigenvalue weighted by Crippen LogP contribution is 2.26. The van der Waals surface area contributed by atoms with E-state index in [4.69, 9.17) is 0 Å². The molecule has 1 fully saturated rings. The van der Waals surface area contributed by atoms with E-state index in [0.717, 1.165) is 38.7 Å². The lowest BCUT2D eigenvalue weighted by atomic mass is 10.1. The molecule has 0 aromatic heterocycles. The molecule has 1 N–H and O–H groups in total. The van der Waals surface area contributed by atoms with Crippen LogP contribution in [0.2, 0.25) is 0 Å². The molecule has 0 amide bonds. The van der Waals surface area contributed by atoms with Crippen LogP contribution >= 0.6 is 0 Å². The van der Waals surface area contributed by atoms with Crippen molar-refractivity contribution in [1.29, 1.82) is 0 Å². The molecule has 1 aliphatic heterocycles. The summed E-state index contributed by atoms with van der Waals surface area (Å²) in [6.45, 7) is 5.69. The number of nitrogens with one attached hydrogen (secondary N) is 1. The Balaban J connectivity index is 2.00. The van der Waals surface area contributed by atoms with Crippen molar-refractivity contribution >= 4 is 5.69 Å². The highest BCUT2D eigenvalue weighted by molar-refractivity contribution is 5.48. The van der Waals surface area contributed by atoms with E-state index < -0.39 is 11.6 Å². The summed E-state index contributed by atoms with van der Waals surface area (Å²) in [6.07, 6.45) is 1.06. The van der Waals surface area contributed by atoms with Gasteiger partial charge in [-0.3, -0.25) is 0 Å². The smallest absolute Gasteiger partial charge is 0.149 e. The standard InChI is InChI=1S/C13H18F2N2/c1-2-16-8-10-5-6-17(9-10)13-4-3-11(14)7-12(13)15/h3-4,7,10,16H,2,5-6,8-9H2,1H3. The molecule has 1 unspecified atom stereocenters. The zero-order chi connectivity index (χ0) is 12.3. The molecular weight excluding hydrogens is 222 g/mol. The van der Waals surface area contributed by atoms with E-state index >= 15 is 0 Å². The molecule has 1 saturated heterocycles. The monoisotopic (exact) mass is 240 g/mol. The SMILES string of the molecule is CCNCC1CCN(c2ccc(F)cc2F)C1. The molecule has 94 valence electrons. The Hall–Kier alpha value is -1.16. The molecule has 0 spiro atoms. The topological polar surface area (TPSA) is 15.3 Å². The van der Waals surface area contributed by atoms with E-state index in [2.05, 4.69) is 12.2 Å². The van der Waals surface area contributed by atoms with Gasteiger partial charge in [-0.05, 0) is 37.6 Å². The first kappa shape index (κ1) is 12.3. The van der Waals surface area contributed by atoms with E-state index in [-0.39, 0.29) is 0 Å². The maximum absolute atomic E-state index is 13.6. The molecule has 1 atom stereocenters. The predicted octanol–water partition coefficient (Wildman–Crippen LogP) is 2.40. The van der Waals surface area contributed by atoms with Crippen molar-refractivity contribution in [2.45, 2.75) is 13.3 Å². The second-order valence-corrected chi connectivity index (χ2v) is 4.50. The van der Waals surface area contributed by atoms with Gasteiger partial charge in [0, 0.05) is 19.2 Å². The number of hydrogen-bond donors (Lipinski definition) is 1. The Kier molecular flexibility index (Phi) is 3.94. The van der Waals surface area contributed by atoms with Gasteiger partial charge in [0.25, 0.3) is 0 Å². The Labute approximate surface area is 101 Å². The van der Waals surface area contributed by atoms with Gasteiger partial charge in [0.1, 0.15) is 11.6 Å². The molecular formula is C13H18F2N2. The molecule has 2 nitrogen and oxygen atoms in total. The van der Waals surface area contributed by atoms with Crippen LogP contribution in [0, 0.1) is 17.6 Å². The van der Waals surface area contributed by atoms with Gasteiger partial charge in [-0.1, -0.05) is 6.92 Å². The average Bonchev–Trinajstić information content (AvgIpc) is 2.75. The van der Waals surface area contributed by atoms with E-state index in [1.807, 2.05) is 4.90 Å². The molecule has 1 heterocycles. The number of hydrogen-bond acceptors (Lipinski definition) is 2. The highest BCUT2D eigenvalue weighted by atomic mass is 19.1. The van der Waals surface area contributed by atoms with Gasteiger partial charge >= 0.3 is 0 Å². The molecule has 0 bridgehead atoms. The number of benzene rings is 1. The van der Waals surface area contributed by atoms with Crippen molar-refractivity contribution in [3.63, 3.8) is 0 Å². The molecule has 1 aliphatic rings. The number of nitrogens with zero attached hydrogens (tertiary/aromatic N) is 1. The first-order valence-corrected chi connectivity index (χ1v) is 6.11. The quantitative estimate of drug-likeness (QED) is 0.869. The van der Waals surface area contributed by atoms with E-state index in [1.165, 1.54) is 12.1 Å². The zero-order valence-corrected chi connectivity index (χ0v) is 10.0. The Morgan fingerprint density at radius 2 is 2.24 bits per heavy atom. The van der Waals surface area contributed by atoms with Crippen molar-refractivity contribution in [2.75, 3.05) is 31.1 Å². The lowest BCUT2D eigenvalue weighted by Gasteiger charge is -2.19. The third kappa shape index (κ3) is 2.94. The maximum atomic E-state index is 13.6. The molecule has 4 heteroatoms. The summed E-state index contributed by atoms with van der Waals surface area (Å²) in [7, 11) is 0. The first-order chi connectivity index (χ1) is 8.20. The molecule has 0 aliphatic carbocycles. The van der Waals surface area contributed by atoms with Gasteiger partial charge in [-0.2, -0.15) is 0 Å². The summed E-state index contributed by atoms with van der Waals surface area (Å²) in [4.78, 5) is 2.00. The van der Waals surface area contributed by atoms with Crippen molar-refractivity contribution in [2.24, 2.45) is 5.92 Å². The van der Waals surface area contributed by atoms with Crippen molar-refractivity contribution in [3.05, 3.63) is 29.8 Å². The Morgan fingerprint density at radius 1 is 1.41 bits per heavy atom. The summed E-state index contributed by atoms with van der Waals surface area (Å²) in [5, 5.41) is 3.31. The third-order valence-corrected chi connectivity index (χ3v) is 3.22. The Morgan fingerprint density at radius 3 is 2.94 bits per heavy atom. The minimum absolute atomic E-state index is 0.464. The minimum atomic E-state index is -0.519. The zero-order valence-electron chi connectivity index (χ0n) is 10.0. The van der Waals surface area contributed by atoms with Crippen LogP contribution < -0.4 is 10.2 Å². The van der Waals surface area contributed by atoms with Crippen LogP contribution in [0.4, 0.5) is 14.5 Å². The summed E-state index contributed by atoms with van der Waals surface area (Å²) in [6, 6.07) is 3.79. The summed E-state index contributed by atoms with van der Waals surface area (Å²) < 4.78 is 26.4. The highest BCUT2D eigenvalue weighted by Gasteiger charge is 2.24. The Bertz CT molecular complexity index is 382. The lowest BCUT2D eigenvalue weighted by Crippen LogP contribution is -2.26. The molecule has 0 radical (unpaired) electrons. The van der Waals surface area contributed by atoms with Gasteiger partial charge < -0.3 is 10.2 Å². The number of anilines is 1. The number of halogens is 2. The molecule has 1 aromatic carbocycles. The van der Waals surface area contributed by atoms with E-state index in [1.54, 1.807) is 0 Å². The summed E-state index contributed by atoms with van der Waals surface area (Å²) in [5.41, 5.74) is 0.519. The van der Waals surface area contributed by atoms with Crippen molar-refractivity contribution < 1.29 is 8.78 Å². The van der Waals surface area contributed by atoms with Gasteiger partial charge in [-0.25, -0.2) is 8.78 Å². The van der Waals surface area contributed by atoms with Gasteiger partial charge in [0.05, 0.1) is 5.69 Å². The van der Waals surface area contributed by atoms with Gasteiger partial charge in [0.15, 0.2) is 0 Å². The van der Waals surface area contributed by atoms with Crippen LogP contribution in [-0.2, 0) is 0 Å². The number of rotatable bonds is 4. The normalized spacial score (nSPS) is 19.9. The predicted molar refractivity (Wildman–Crippen MR) is 65.2 cm³/mol. The fourth-order valence-electron chi connectivity index (χ4n) is 2.30. The van der Waals surface area contributed by atoms with Crippen LogP contribution in [0.25, 0.3) is 0 Å². The fourth-order valence-corrected chi connectivity index (χ4v) is 2.30. The van der Waals surface area contributed by atoms with Crippen molar-refractivity contribution in [1.82, 2.24) is 5.32 Å². The van der Waals surface area contributed by atoms with Crippen molar-refractivity contribution in [3.8, 4) is 0 Å². The first-order valence-electron chi connectivity index (χ1n) is 6.11. The van der Waals surface area contributed by atoms with Gasteiger partial charge in [-0.15, -0.1) is 0 Å². The summed E-state index contributed by atoms with van der Waals surface area (Å²) in [5.74, 6) is -0.428. The molecule has 2 rings (SSSR count). The second-order valence-electron chi connectivity index (χ2n) is 4.50. The van der Waals surface area contributed by atoms with Crippen LogP contribution in [0.3, 0.4) is 0 Å². The molecule has 1 aromatic rings. The van der Waals surface area contributed by atoms with E-state index in [9.17, 15) is 8.78 Å². The van der Waals surface area contributed by atoms with Crippen LogP contribution in [0.5, 0.6) is 0 Å². The third-order valence-electron chi connectivity index (χ3n) is 3.22. The largest absolute Gasteiger partial charge is 0.369 e. The lowest BCUT2D eigenvalue weighted by molar-refractivity contribution is 0.526. The maximum Gasteiger partial charge on any atom is 0.149 e. The van der Waals surface area contributed by atoms with Crippen LogP contribution in [0.15, 0.2) is 18.2 Å². The summed E-state index contributed by atoms with van der Waals surface area (Å²) >= 11 is 0. The molecule has 0 saturated carbocycles. The van der Waals surface area contributed by atoms with Crippen LogP contribution in [-0.4, -0.2) is 26.2 Å². The van der Waals surface area contributed by atoms with Gasteiger partial charge in [0.2, 0.25) is 0 Å².